The molecule has 1 fully saturated rings. The summed E-state index contributed by atoms with van der Waals surface area (Å²) in [4.78, 5) is 55.8. The highest BCUT2D eigenvalue weighted by Crippen LogP contribution is 2.24. The zero-order valence-corrected chi connectivity index (χ0v) is 20.4. The third-order valence-electron chi connectivity index (χ3n) is 4.84. The molecule has 0 radical (unpaired) electrons. The maximum absolute atomic E-state index is 12.7. The number of hydrogen-bond donors (Lipinski definition) is 4. The topological polar surface area (TPSA) is 246 Å². The van der Waals surface area contributed by atoms with Gasteiger partial charge >= 0.3 is 16.4 Å². The molecule has 5 N–H and O–H groups in total. The Balaban J connectivity index is 1.65. The van der Waals surface area contributed by atoms with Gasteiger partial charge in [-0.1, -0.05) is 5.16 Å². The van der Waals surface area contributed by atoms with Gasteiger partial charge in [-0.15, -0.1) is 11.3 Å². The number of carbonyl (C=O) groups excluding carboxylic acids is 3. The molecule has 1 aliphatic rings. The summed E-state index contributed by atoms with van der Waals surface area (Å²) in [6, 6.07) is 2.28. The van der Waals surface area contributed by atoms with Crippen molar-refractivity contribution >= 4 is 56.1 Å². The molecule has 2 unspecified atom stereocenters. The van der Waals surface area contributed by atoms with Gasteiger partial charge in [0.05, 0.1) is 11.0 Å². The first-order valence-corrected chi connectivity index (χ1v) is 12.3. The first-order chi connectivity index (χ1) is 17.4. The zero-order chi connectivity index (χ0) is 27.3. The molecule has 1 aliphatic heterocycles. The second-order valence-corrected chi connectivity index (χ2v) is 9.38. The quantitative estimate of drug-likeness (QED) is 0.0941. The van der Waals surface area contributed by atoms with Crippen molar-refractivity contribution in [1.29, 1.82) is 0 Å². The summed E-state index contributed by atoms with van der Waals surface area (Å²) < 4.78 is 37.7. The smallest absolute Gasteiger partial charge is 0.407 e. The van der Waals surface area contributed by atoms with Gasteiger partial charge in [-0.05, 0) is 17.7 Å². The summed E-state index contributed by atoms with van der Waals surface area (Å²) in [6.45, 7) is -0.820. The number of nitrogens with one attached hydrogen (secondary N) is 2. The normalized spacial score (nSPS) is 17.5. The van der Waals surface area contributed by atoms with E-state index in [0.717, 1.165) is 18.4 Å². The number of non-ortho nitro benzene ring substituents is 1. The van der Waals surface area contributed by atoms with Crippen LogP contribution in [0.5, 0.6) is 0 Å². The second-order valence-electron chi connectivity index (χ2n) is 7.20. The number of nitrogens with two attached hydrogens (primary N) is 1. The third-order valence-corrected chi connectivity index (χ3v) is 6.46. The number of aromatic nitrogens is 1. The summed E-state index contributed by atoms with van der Waals surface area (Å²) in [5.41, 5.74) is 5.50. The average Bonchev–Trinajstić information content (AvgIpc) is 3.26. The van der Waals surface area contributed by atoms with E-state index in [2.05, 4.69) is 25.6 Å². The van der Waals surface area contributed by atoms with Gasteiger partial charge in [0, 0.05) is 24.1 Å². The Morgan fingerprint density at radius 1 is 1.35 bits per heavy atom. The molecule has 3 rings (SSSR count). The molecule has 0 aliphatic carbocycles. The summed E-state index contributed by atoms with van der Waals surface area (Å²) in [6.07, 6.45) is -1.03. The minimum atomic E-state index is -5.02. The molecule has 1 saturated heterocycles. The molecule has 17 nitrogen and oxygen atoms in total. The monoisotopic (exact) mass is 557 g/mol. The second kappa shape index (κ2) is 11.1. The fourth-order valence-corrected chi connectivity index (χ4v) is 4.59. The summed E-state index contributed by atoms with van der Waals surface area (Å²) >= 11 is 1.01. The summed E-state index contributed by atoms with van der Waals surface area (Å²) in [7, 11) is -3.86. The molecule has 2 aromatic rings. The van der Waals surface area contributed by atoms with Gasteiger partial charge in [-0.3, -0.25) is 24.3 Å². The molecule has 2 heterocycles. The predicted octanol–water partition coefficient (Wildman–Crippen LogP) is -0.591. The van der Waals surface area contributed by atoms with Crippen molar-refractivity contribution in [2.75, 3.05) is 19.4 Å². The minimum Gasteiger partial charge on any atom is -0.445 e. The van der Waals surface area contributed by atoms with Crippen molar-refractivity contribution in [3.8, 4) is 0 Å². The summed E-state index contributed by atoms with van der Waals surface area (Å²) in [5, 5.41) is 20.3. The number of nitrogens with zero attached hydrogens (tertiary/aromatic N) is 4. The molecule has 2 atom stereocenters. The van der Waals surface area contributed by atoms with Crippen molar-refractivity contribution in [3.05, 3.63) is 51.0 Å². The van der Waals surface area contributed by atoms with E-state index in [1.807, 2.05) is 0 Å². The largest absolute Gasteiger partial charge is 0.445 e. The maximum Gasteiger partial charge on any atom is 0.407 e. The number of rotatable bonds is 10. The van der Waals surface area contributed by atoms with E-state index in [9.17, 15) is 37.5 Å². The van der Waals surface area contributed by atoms with Gasteiger partial charge in [-0.25, -0.2) is 14.1 Å². The Bertz CT molecular complexity index is 1340. The molecule has 198 valence electrons. The molecular weight excluding hydrogens is 538 g/mol. The number of anilines is 1. The van der Waals surface area contributed by atoms with Crippen LogP contribution in [0.2, 0.25) is 0 Å². The number of amides is 3. The molecule has 37 heavy (non-hydrogen) atoms. The number of thiazole rings is 1. The molecular formula is C18H19N7O10S2. The Morgan fingerprint density at radius 2 is 2.03 bits per heavy atom. The molecule has 0 bridgehead atoms. The summed E-state index contributed by atoms with van der Waals surface area (Å²) in [5.74, 6) is -2.14. The Hall–Kier alpha value is -4.36. The standard InChI is InChI=1S/C18H19N7O10S2/c1-34-23-13(11-8-36-17(19)21-11)15(26)22-14-12(24(16(14)27)37(31,32)33)6-20-18(28)35-7-9-2-4-10(5-3-9)25(29)30/h2-5,8,12,14H,6-7H2,1H3,(H2,19,21)(H,20,28)(H,22,26)(H,31,32,33). The number of ether oxygens (including phenoxy) is 1. The average molecular weight is 558 g/mol. The highest BCUT2D eigenvalue weighted by atomic mass is 32.2. The zero-order valence-electron chi connectivity index (χ0n) is 18.8. The van der Waals surface area contributed by atoms with Crippen LogP contribution in [-0.4, -0.2) is 76.5 Å². The predicted molar refractivity (Wildman–Crippen MR) is 125 cm³/mol. The van der Waals surface area contributed by atoms with Gasteiger partial charge in [0.2, 0.25) is 0 Å². The van der Waals surface area contributed by atoms with E-state index in [1.165, 1.54) is 29.6 Å². The Labute approximate surface area is 212 Å². The number of alkyl carbamates (subject to hydrolysis) is 1. The molecule has 19 heteroatoms. The third kappa shape index (κ3) is 6.45. The molecule has 1 aromatic carbocycles. The lowest BCUT2D eigenvalue weighted by molar-refractivity contribution is -0.384. The van der Waals surface area contributed by atoms with Gasteiger partial charge < -0.3 is 25.9 Å². The van der Waals surface area contributed by atoms with Crippen molar-refractivity contribution in [3.63, 3.8) is 0 Å². The van der Waals surface area contributed by atoms with Crippen molar-refractivity contribution in [2.45, 2.75) is 18.7 Å². The number of nitro benzene ring substituents is 1. The number of β-lactam (4-membered cyclic amide) rings is 1. The SMILES string of the molecule is CON=C(C(=O)NC1C(=O)N(S(=O)(=O)O)C1CNC(=O)OCc1ccc([N+](=O)[O-])cc1)c1csc(N)n1. The van der Waals surface area contributed by atoms with E-state index in [0.29, 0.717) is 5.56 Å². The van der Waals surface area contributed by atoms with E-state index in [1.54, 1.807) is 0 Å². The van der Waals surface area contributed by atoms with Gasteiger partial charge in [0.15, 0.2) is 10.8 Å². The minimum absolute atomic E-state index is 0.0322. The molecule has 0 spiro atoms. The van der Waals surface area contributed by atoms with E-state index < -0.39 is 51.8 Å². The van der Waals surface area contributed by atoms with Gasteiger partial charge in [0.1, 0.15) is 25.5 Å². The van der Waals surface area contributed by atoms with Crippen LogP contribution in [-0.2, 0) is 36.1 Å². The Morgan fingerprint density at radius 3 is 2.57 bits per heavy atom. The number of benzene rings is 1. The van der Waals surface area contributed by atoms with Crippen LogP contribution in [0.3, 0.4) is 0 Å². The van der Waals surface area contributed by atoms with Crippen molar-refractivity contribution in [1.82, 2.24) is 19.9 Å². The van der Waals surface area contributed by atoms with E-state index >= 15 is 0 Å². The van der Waals surface area contributed by atoms with Crippen LogP contribution >= 0.6 is 11.3 Å². The maximum atomic E-state index is 12.7. The van der Waals surface area contributed by atoms with Crippen molar-refractivity contribution in [2.24, 2.45) is 5.16 Å². The van der Waals surface area contributed by atoms with Crippen molar-refractivity contribution < 1.29 is 41.9 Å². The van der Waals surface area contributed by atoms with Crippen LogP contribution in [0, 0.1) is 10.1 Å². The number of carbonyl (C=O) groups is 3. The lowest BCUT2D eigenvalue weighted by Gasteiger charge is -2.44. The lowest BCUT2D eigenvalue weighted by atomic mass is 9.98. The fourth-order valence-electron chi connectivity index (χ4n) is 3.17. The van der Waals surface area contributed by atoms with Crippen LogP contribution in [0.4, 0.5) is 15.6 Å². The van der Waals surface area contributed by atoms with Crippen LogP contribution in [0.15, 0.2) is 34.8 Å². The van der Waals surface area contributed by atoms with Crippen LogP contribution in [0.25, 0.3) is 0 Å². The molecule has 1 aromatic heterocycles. The van der Waals surface area contributed by atoms with Crippen LogP contribution in [0.1, 0.15) is 11.3 Å². The van der Waals surface area contributed by atoms with E-state index in [-0.39, 0.29) is 33.1 Å². The highest BCUT2D eigenvalue weighted by molar-refractivity contribution is 7.84. The number of hydrogen-bond acceptors (Lipinski definition) is 13. The first-order valence-electron chi connectivity index (χ1n) is 10.0. The van der Waals surface area contributed by atoms with Gasteiger partial charge in [0.25, 0.3) is 17.5 Å². The Kier molecular flexibility index (Phi) is 8.20. The number of nitro groups is 1. The number of oxime groups is 1. The molecule has 0 saturated carbocycles. The first kappa shape index (κ1) is 27.2. The van der Waals surface area contributed by atoms with Gasteiger partial charge in [-0.2, -0.15) is 8.42 Å². The van der Waals surface area contributed by atoms with E-state index in [4.69, 9.17) is 10.5 Å². The fraction of sp³-hybridized carbons (Fsp3) is 0.278. The lowest BCUT2D eigenvalue weighted by Crippen LogP contribution is -2.74. The number of nitrogen functional groups attached to an aromatic ring is 1. The van der Waals surface area contributed by atoms with Crippen LogP contribution < -0.4 is 16.4 Å². The highest BCUT2D eigenvalue weighted by Gasteiger charge is 2.54. The molecule has 3 amide bonds.